The summed E-state index contributed by atoms with van der Waals surface area (Å²) >= 11 is 3.37. The molecule has 1 heterocycles. The molecule has 2 aromatic carbocycles. The van der Waals surface area contributed by atoms with Crippen molar-refractivity contribution >= 4 is 21.8 Å². The molecule has 168 valence electrons. The maximum absolute atomic E-state index is 12.5. The first-order valence-corrected chi connectivity index (χ1v) is 11.5. The molecule has 1 aliphatic heterocycles. The van der Waals surface area contributed by atoms with Gasteiger partial charge in [-0.3, -0.25) is 9.69 Å². The Kier molecular flexibility index (Phi) is 8.72. The van der Waals surface area contributed by atoms with Gasteiger partial charge in [0, 0.05) is 24.1 Å². The first-order chi connectivity index (χ1) is 15.0. The third-order valence-corrected chi connectivity index (χ3v) is 6.01. The van der Waals surface area contributed by atoms with Gasteiger partial charge in [-0.25, -0.2) is 4.39 Å². The van der Waals surface area contributed by atoms with Crippen molar-refractivity contribution in [2.75, 3.05) is 40.0 Å². The molecule has 5 nitrogen and oxygen atoms in total. The molecule has 0 saturated heterocycles. The van der Waals surface area contributed by atoms with E-state index in [1.54, 1.807) is 25.3 Å². The molecule has 1 N–H and O–H groups in total. The van der Waals surface area contributed by atoms with Crippen LogP contribution in [0.3, 0.4) is 0 Å². The van der Waals surface area contributed by atoms with Gasteiger partial charge < -0.3 is 14.8 Å². The van der Waals surface area contributed by atoms with Crippen LogP contribution in [0.25, 0.3) is 0 Å². The fourth-order valence-electron chi connectivity index (χ4n) is 3.89. The summed E-state index contributed by atoms with van der Waals surface area (Å²) in [6.45, 7) is 5.02. The van der Waals surface area contributed by atoms with Gasteiger partial charge in [-0.2, -0.15) is 0 Å². The molecule has 7 heteroatoms. The predicted octanol–water partition coefficient (Wildman–Crippen LogP) is 4.68. The summed E-state index contributed by atoms with van der Waals surface area (Å²) in [4.78, 5) is 15.0. The van der Waals surface area contributed by atoms with E-state index in [9.17, 15) is 9.18 Å². The topological polar surface area (TPSA) is 50.8 Å². The molecule has 0 bridgehead atoms. The standard InChI is InChI=1S/C24H30BrFN2O3/c1-17-13-19-16-28(11-7-18(19)14-23(17)30-2)10-4-3-9-27-24(29)21-15-20(25)5-6-22(21)31-12-8-26/h5-6,13-15H,3-4,7-12,16H2,1-2H3,(H,27,29). The summed E-state index contributed by atoms with van der Waals surface area (Å²) in [6, 6.07) is 9.57. The van der Waals surface area contributed by atoms with Gasteiger partial charge in [-0.1, -0.05) is 22.0 Å². The first-order valence-electron chi connectivity index (χ1n) is 10.7. The molecule has 0 atom stereocenters. The number of hydrogen-bond acceptors (Lipinski definition) is 4. The van der Waals surface area contributed by atoms with Crippen LogP contribution in [0.4, 0.5) is 4.39 Å². The van der Waals surface area contributed by atoms with E-state index in [-0.39, 0.29) is 12.5 Å². The van der Waals surface area contributed by atoms with E-state index in [1.807, 2.05) is 0 Å². The van der Waals surface area contributed by atoms with Crippen LogP contribution in [0.2, 0.25) is 0 Å². The van der Waals surface area contributed by atoms with Gasteiger partial charge in [0.05, 0.1) is 12.7 Å². The van der Waals surface area contributed by atoms with Crippen molar-refractivity contribution in [1.82, 2.24) is 10.2 Å². The van der Waals surface area contributed by atoms with E-state index in [0.29, 0.717) is 17.9 Å². The summed E-state index contributed by atoms with van der Waals surface area (Å²) in [5.41, 5.74) is 4.36. The summed E-state index contributed by atoms with van der Waals surface area (Å²) in [7, 11) is 1.72. The average Bonchev–Trinajstić information content (AvgIpc) is 2.77. The Morgan fingerprint density at radius 1 is 1.19 bits per heavy atom. The number of nitrogens with one attached hydrogen (secondary N) is 1. The van der Waals surface area contributed by atoms with Gasteiger partial charge in [-0.15, -0.1) is 0 Å². The van der Waals surface area contributed by atoms with Crippen molar-refractivity contribution in [3.63, 3.8) is 0 Å². The molecule has 0 fully saturated rings. The monoisotopic (exact) mass is 492 g/mol. The molecule has 0 radical (unpaired) electrons. The summed E-state index contributed by atoms with van der Waals surface area (Å²) < 4.78 is 24.0. The Labute approximate surface area is 192 Å². The second-order valence-corrected chi connectivity index (χ2v) is 8.67. The van der Waals surface area contributed by atoms with Crippen LogP contribution in [-0.4, -0.2) is 50.8 Å². The van der Waals surface area contributed by atoms with Crippen LogP contribution in [-0.2, 0) is 13.0 Å². The highest BCUT2D eigenvalue weighted by Gasteiger charge is 2.18. The molecule has 1 aliphatic rings. The number of alkyl halides is 1. The first kappa shape index (κ1) is 23.5. The maximum Gasteiger partial charge on any atom is 0.255 e. The number of amides is 1. The highest BCUT2D eigenvalue weighted by Crippen LogP contribution is 2.27. The lowest BCUT2D eigenvalue weighted by molar-refractivity contribution is 0.0947. The second-order valence-electron chi connectivity index (χ2n) is 7.76. The predicted molar refractivity (Wildman–Crippen MR) is 124 cm³/mol. The minimum atomic E-state index is -0.592. The molecule has 0 unspecified atom stereocenters. The third-order valence-electron chi connectivity index (χ3n) is 5.52. The zero-order valence-corrected chi connectivity index (χ0v) is 19.8. The van der Waals surface area contributed by atoms with Crippen molar-refractivity contribution < 1.29 is 18.7 Å². The van der Waals surface area contributed by atoms with Crippen LogP contribution >= 0.6 is 15.9 Å². The van der Waals surface area contributed by atoms with E-state index in [4.69, 9.17) is 9.47 Å². The molecule has 0 aliphatic carbocycles. The lowest BCUT2D eigenvalue weighted by atomic mass is 9.97. The number of unbranched alkanes of at least 4 members (excludes halogenated alkanes) is 1. The summed E-state index contributed by atoms with van der Waals surface area (Å²) in [6.07, 6.45) is 2.94. The Bertz CT molecular complexity index is 907. The molecule has 0 saturated carbocycles. The number of nitrogens with zero attached hydrogens (tertiary/aromatic N) is 1. The minimum absolute atomic E-state index is 0.0623. The second kappa shape index (κ2) is 11.5. The molecular formula is C24H30BrFN2O3. The highest BCUT2D eigenvalue weighted by molar-refractivity contribution is 9.10. The lowest BCUT2D eigenvalue weighted by Crippen LogP contribution is -2.32. The van der Waals surface area contributed by atoms with E-state index in [1.165, 1.54) is 16.7 Å². The number of rotatable bonds is 10. The minimum Gasteiger partial charge on any atom is -0.496 e. The van der Waals surface area contributed by atoms with Crippen molar-refractivity contribution in [3.05, 3.63) is 57.1 Å². The van der Waals surface area contributed by atoms with Crippen LogP contribution in [0, 0.1) is 6.92 Å². The largest absolute Gasteiger partial charge is 0.496 e. The number of ether oxygens (including phenoxy) is 2. The molecule has 0 aromatic heterocycles. The van der Waals surface area contributed by atoms with Gasteiger partial charge >= 0.3 is 0 Å². The number of carbonyl (C=O) groups excluding carboxylic acids is 1. The Balaban J connectivity index is 1.43. The van der Waals surface area contributed by atoms with Gasteiger partial charge in [-0.05, 0) is 73.7 Å². The molecule has 3 rings (SSSR count). The average molecular weight is 493 g/mol. The number of aryl methyl sites for hydroxylation is 1. The quantitative estimate of drug-likeness (QED) is 0.489. The van der Waals surface area contributed by atoms with Crippen LogP contribution in [0.1, 0.15) is 39.9 Å². The molecule has 2 aromatic rings. The molecule has 1 amide bonds. The Hall–Kier alpha value is -2.12. The van der Waals surface area contributed by atoms with Crippen LogP contribution < -0.4 is 14.8 Å². The zero-order chi connectivity index (χ0) is 22.2. The number of hydrogen-bond donors (Lipinski definition) is 1. The van der Waals surface area contributed by atoms with E-state index < -0.39 is 6.67 Å². The Morgan fingerprint density at radius 3 is 2.81 bits per heavy atom. The normalized spacial score (nSPS) is 13.5. The van der Waals surface area contributed by atoms with Crippen LogP contribution in [0.15, 0.2) is 34.8 Å². The molecule has 31 heavy (non-hydrogen) atoms. The Morgan fingerprint density at radius 2 is 2.03 bits per heavy atom. The lowest BCUT2D eigenvalue weighted by Gasteiger charge is -2.29. The van der Waals surface area contributed by atoms with Gasteiger partial charge in [0.25, 0.3) is 5.91 Å². The zero-order valence-electron chi connectivity index (χ0n) is 18.2. The highest BCUT2D eigenvalue weighted by atomic mass is 79.9. The molecule has 0 spiro atoms. The summed E-state index contributed by atoms with van der Waals surface area (Å²) in [5.74, 6) is 1.16. The number of halogens is 2. The van der Waals surface area contributed by atoms with Gasteiger partial charge in [0.2, 0.25) is 0 Å². The molecular weight excluding hydrogens is 463 g/mol. The summed E-state index contributed by atoms with van der Waals surface area (Å²) in [5, 5.41) is 2.95. The van der Waals surface area contributed by atoms with E-state index in [2.05, 4.69) is 45.2 Å². The number of benzene rings is 2. The number of methoxy groups -OCH3 is 1. The van der Waals surface area contributed by atoms with E-state index >= 15 is 0 Å². The fourth-order valence-corrected chi connectivity index (χ4v) is 4.25. The third kappa shape index (κ3) is 6.43. The number of fused-ring (bicyclic) bond motifs is 1. The van der Waals surface area contributed by atoms with Crippen molar-refractivity contribution in [2.45, 2.75) is 32.7 Å². The SMILES string of the molecule is COc1cc2c(cc1C)CN(CCCCNC(=O)c1cc(Br)ccc1OCCF)CC2. The van der Waals surface area contributed by atoms with E-state index in [0.717, 1.165) is 49.1 Å². The van der Waals surface area contributed by atoms with Gasteiger partial charge in [0.15, 0.2) is 0 Å². The van der Waals surface area contributed by atoms with Crippen molar-refractivity contribution in [2.24, 2.45) is 0 Å². The fraction of sp³-hybridized carbons (Fsp3) is 0.458. The number of carbonyl (C=O) groups is 1. The van der Waals surface area contributed by atoms with Crippen LogP contribution in [0.5, 0.6) is 11.5 Å². The van der Waals surface area contributed by atoms with Crippen molar-refractivity contribution in [1.29, 1.82) is 0 Å². The van der Waals surface area contributed by atoms with Gasteiger partial charge in [0.1, 0.15) is 24.8 Å². The smallest absolute Gasteiger partial charge is 0.255 e. The maximum atomic E-state index is 12.5. The van der Waals surface area contributed by atoms with Crippen molar-refractivity contribution in [3.8, 4) is 11.5 Å².